The average molecular weight is 384 g/mol. The minimum atomic E-state index is -1.41. The summed E-state index contributed by atoms with van der Waals surface area (Å²) in [6, 6.07) is 0. The van der Waals surface area contributed by atoms with Gasteiger partial charge in [0.2, 0.25) is 0 Å². The first kappa shape index (κ1) is 20.9. The predicted octanol–water partition coefficient (Wildman–Crippen LogP) is -2.48. The molecule has 0 aromatic rings. The molecule has 2 aliphatic heterocycles. The molecule has 4 amide bonds. The first-order valence-electron chi connectivity index (χ1n) is 8.12. The number of aliphatic hydroxyl groups is 2. The van der Waals surface area contributed by atoms with Crippen molar-refractivity contribution in [2.75, 3.05) is 39.6 Å². The SMILES string of the molecule is O=C1C=CC(=O)N1[C@@H](O)COCCOC[C@@H](OCCO)N1C(=O)C=CC1=O. The van der Waals surface area contributed by atoms with E-state index in [1.807, 2.05) is 0 Å². The van der Waals surface area contributed by atoms with Crippen LogP contribution in [0.1, 0.15) is 0 Å². The van der Waals surface area contributed by atoms with Crippen molar-refractivity contribution in [3.05, 3.63) is 24.3 Å². The Labute approximate surface area is 154 Å². The fourth-order valence-electron chi connectivity index (χ4n) is 2.35. The summed E-state index contributed by atoms with van der Waals surface area (Å²) >= 11 is 0. The third-order valence-corrected chi connectivity index (χ3v) is 3.57. The highest BCUT2D eigenvalue weighted by atomic mass is 16.6. The Hall–Kier alpha value is -2.44. The maximum absolute atomic E-state index is 11.7. The molecule has 148 valence electrons. The van der Waals surface area contributed by atoms with E-state index in [4.69, 9.17) is 19.3 Å². The summed E-state index contributed by atoms with van der Waals surface area (Å²) in [5.74, 6) is -2.33. The second-order valence-electron chi connectivity index (χ2n) is 5.44. The van der Waals surface area contributed by atoms with Gasteiger partial charge in [-0.15, -0.1) is 0 Å². The molecule has 0 aliphatic carbocycles. The second-order valence-corrected chi connectivity index (χ2v) is 5.44. The number of carbonyl (C=O) groups excluding carboxylic acids is 4. The maximum Gasteiger partial charge on any atom is 0.255 e. The molecule has 2 aliphatic rings. The lowest BCUT2D eigenvalue weighted by Gasteiger charge is -2.26. The number of aliphatic hydroxyl groups excluding tert-OH is 2. The van der Waals surface area contributed by atoms with E-state index in [-0.39, 0.29) is 39.6 Å². The highest BCUT2D eigenvalue weighted by molar-refractivity contribution is 6.13. The normalized spacial score (nSPS) is 18.9. The Morgan fingerprint density at radius 3 is 1.78 bits per heavy atom. The van der Waals surface area contributed by atoms with Crippen LogP contribution in [-0.4, -0.2) is 95.7 Å². The van der Waals surface area contributed by atoms with Crippen molar-refractivity contribution in [2.24, 2.45) is 0 Å². The van der Waals surface area contributed by atoms with Gasteiger partial charge in [-0.1, -0.05) is 0 Å². The summed E-state index contributed by atoms with van der Waals surface area (Å²) in [5.41, 5.74) is 0. The molecule has 0 aromatic carbocycles. The third-order valence-electron chi connectivity index (χ3n) is 3.57. The minimum absolute atomic E-state index is 0.0214. The minimum Gasteiger partial charge on any atom is -0.394 e. The topological polar surface area (TPSA) is 143 Å². The molecule has 0 unspecified atom stereocenters. The van der Waals surface area contributed by atoms with Crippen LogP contribution in [0.15, 0.2) is 24.3 Å². The number of carbonyl (C=O) groups is 4. The Balaban J connectivity index is 1.68. The van der Waals surface area contributed by atoms with E-state index in [9.17, 15) is 24.3 Å². The Morgan fingerprint density at radius 1 is 0.778 bits per heavy atom. The van der Waals surface area contributed by atoms with Gasteiger partial charge in [-0.25, -0.2) is 9.80 Å². The van der Waals surface area contributed by atoms with Crippen LogP contribution in [0.2, 0.25) is 0 Å². The summed E-state index contributed by atoms with van der Waals surface area (Å²) in [6.07, 6.45) is 1.92. The van der Waals surface area contributed by atoms with E-state index < -0.39 is 36.1 Å². The smallest absolute Gasteiger partial charge is 0.255 e. The summed E-state index contributed by atoms with van der Waals surface area (Å²) in [7, 11) is 0. The van der Waals surface area contributed by atoms with Crippen molar-refractivity contribution in [1.29, 1.82) is 0 Å². The molecule has 0 saturated heterocycles. The van der Waals surface area contributed by atoms with Crippen LogP contribution in [0.4, 0.5) is 0 Å². The van der Waals surface area contributed by atoms with Crippen LogP contribution in [0.25, 0.3) is 0 Å². The number of ether oxygens (including phenoxy) is 3. The summed E-state index contributed by atoms with van der Waals surface area (Å²) in [5, 5.41) is 18.6. The summed E-state index contributed by atoms with van der Waals surface area (Å²) < 4.78 is 15.7. The van der Waals surface area contributed by atoms with Gasteiger partial charge in [0.05, 0.1) is 39.6 Å². The van der Waals surface area contributed by atoms with Crippen LogP contribution < -0.4 is 0 Å². The van der Waals surface area contributed by atoms with Crippen molar-refractivity contribution < 1.29 is 43.6 Å². The zero-order valence-corrected chi connectivity index (χ0v) is 14.4. The van der Waals surface area contributed by atoms with Gasteiger partial charge in [0.15, 0.2) is 12.5 Å². The molecule has 2 atom stereocenters. The number of imide groups is 2. The van der Waals surface area contributed by atoms with E-state index in [0.717, 1.165) is 29.2 Å². The van der Waals surface area contributed by atoms with Gasteiger partial charge in [0.25, 0.3) is 23.6 Å². The van der Waals surface area contributed by atoms with Crippen LogP contribution in [0, 0.1) is 0 Å². The maximum atomic E-state index is 11.7. The van der Waals surface area contributed by atoms with Gasteiger partial charge in [-0.2, -0.15) is 0 Å². The molecular formula is C16H20N2O9. The molecule has 2 heterocycles. The molecule has 0 fully saturated rings. The molecule has 0 radical (unpaired) electrons. The molecular weight excluding hydrogens is 364 g/mol. The number of hydrogen-bond donors (Lipinski definition) is 2. The number of amides is 4. The number of hydrogen-bond acceptors (Lipinski definition) is 9. The van der Waals surface area contributed by atoms with Crippen molar-refractivity contribution >= 4 is 23.6 Å². The van der Waals surface area contributed by atoms with E-state index >= 15 is 0 Å². The molecule has 11 heteroatoms. The van der Waals surface area contributed by atoms with Crippen LogP contribution in [0.5, 0.6) is 0 Å². The van der Waals surface area contributed by atoms with Crippen LogP contribution in [-0.2, 0) is 33.4 Å². The van der Waals surface area contributed by atoms with Gasteiger partial charge in [0.1, 0.15) is 0 Å². The molecule has 2 N–H and O–H groups in total. The zero-order valence-electron chi connectivity index (χ0n) is 14.4. The largest absolute Gasteiger partial charge is 0.394 e. The van der Waals surface area contributed by atoms with Crippen LogP contribution in [0.3, 0.4) is 0 Å². The average Bonchev–Trinajstić information content (AvgIpc) is 3.15. The molecule has 0 spiro atoms. The quantitative estimate of drug-likeness (QED) is 0.276. The molecule has 11 nitrogen and oxygen atoms in total. The van der Waals surface area contributed by atoms with E-state index in [1.54, 1.807) is 0 Å². The lowest BCUT2D eigenvalue weighted by Crippen LogP contribution is -2.45. The van der Waals surface area contributed by atoms with Crippen molar-refractivity contribution in [1.82, 2.24) is 9.80 Å². The molecule has 0 saturated carbocycles. The molecule has 0 bridgehead atoms. The van der Waals surface area contributed by atoms with E-state index in [1.165, 1.54) is 0 Å². The number of nitrogens with zero attached hydrogens (tertiary/aromatic N) is 2. The lowest BCUT2D eigenvalue weighted by atomic mass is 10.4. The lowest BCUT2D eigenvalue weighted by molar-refractivity contribution is -0.162. The predicted molar refractivity (Wildman–Crippen MR) is 86.5 cm³/mol. The highest BCUT2D eigenvalue weighted by Crippen LogP contribution is 2.11. The molecule has 27 heavy (non-hydrogen) atoms. The van der Waals surface area contributed by atoms with Gasteiger partial charge in [-0.3, -0.25) is 19.2 Å². The van der Waals surface area contributed by atoms with Crippen LogP contribution >= 0.6 is 0 Å². The van der Waals surface area contributed by atoms with Gasteiger partial charge in [0, 0.05) is 24.3 Å². The van der Waals surface area contributed by atoms with Crippen molar-refractivity contribution in [3.8, 4) is 0 Å². The van der Waals surface area contributed by atoms with Gasteiger partial charge >= 0.3 is 0 Å². The fourth-order valence-corrected chi connectivity index (χ4v) is 2.35. The van der Waals surface area contributed by atoms with E-state index in [0.29, 0.717) is 4.90 Å². The van der Waals surface area contributed by atoms with Gasteiger partial charge in [-0.05, 0) is 0 Å². The Bertz CT molecular complexity index is 610. The van der Waals surface area contributed by atoms with Crippen molar-refractivity contribution in [2.45, 2.75) is 12.5 Å². The van der Waals surface area contributed by atoms with Gasteiger partial charge < -0.3 is 24.4 Å². The number of rotatable bonds is 12. The summed E-state index contributed by atoms with van der Waals surface area (Å²) in [4.78, 5) is 47.7. The fraction of sp³-hybridized carbons (Fsp3) is 0.500. The Kier molecular flexibility index (Phi) is 7.76. The first-order valence-corrected chi connectivity index (χ1v) is 8.12. The molecule has 2 rings (SSSR count). The Morgan fingerprint density at radius 2 is 1.26 bits per heavy atom. The summed E-state index contributed by atoms with van der Waals surface area (Å²) in [6.45, 7) is -0.745. The first-order chi connectivity index (χ1) is 13.0. The highest BCUT2D eigenvalue weighted by Gasteiger charge is 2.32. The standard InChI is InChI=1S/C16H20N2O9/c19-5-6-27-16(18-13(22)3-4-14(18)23)10-26-8-7-25-9-15(24)17-11(20)1-2-12(17)21/h1-4,15-16,19,24H,5-10H2/t15-,16+/m0/s1. The zero-order chi connectivity index (χ0) is 19.8. The van der Waals surface area contributed by atoms with Crippen molar-refractivity contribution in [3.63, 3.8) is 0 Å². The second kappa shape index (κ2) is 10.0. The van der Waals surface area contributed by atoms with E-state index in [2.05, 4.69) is 0 Å². The molecule has 0 aromatic heterocycles. The third kappa shape index (κ3) is 5.52. The monoisotopic (exact) mass is 384 g/mol.